The van der Waals surface area contributed by atoms with Crippen molar-refractivity contribution in [3.8, 4) is 11.5 Å². The lowest BCUT2D eigenvalue weighted by atomic mass is 10.2. The minimum atomic E-state index is 0.439. The zero-order valence-corrected chi connectivity index (χ0v) is 14.1. The highest BCUT2D eigenvalue weighted by molar-refractivity contribution is 5.74. The number of rotatable bonds is 12. The number of benzene rings is 2. The second kappa shape index (κ2) is 11.1. The minimum absolute atomic E-state index is 0.439. The summed E-state index contributed by atoms with van der Waals surface area (Å²) < 4.78 is 21.9. The van der Waals surface area contributed by atoms with Gasteiger partial charge in [0.1, 0.15) is 31.0 Å². The Bertz CT molecular complexity index is 630. The number of hydrogen-bond donors (Lipinski definition) is 1. The number of aldehydes is 1. The smallest absolute Gasteiger partial charge is 0.150 e. The van der Waals surface area contributed by atoms with E-state index in [1.54, 1.807) is 30.3 Å². The Morgan fingerprint density at radius 1 is 0.760 bits per heavy atom. The molecular formula is C19H23NO5. The maximum absolute atomic E-state index is 10.5. The van der Waals surface area contributed by atoms with E-state index in [2.05, 4.69) is 0 Å². The molecule has 0 spiro atoms. The first-order valence-electron chi connectivity index (χ1n) is 8.10. The molecule has 0 amide bonds. The molecular weight excluding hydrogens is 322 g/mol. The number of nitrogen functional groups attached to an aromatic ring is 1. The van der Waals surface area contributed by atoms with Crippen LogP contribution in [0.4, 0.5) is 5.69 Å². The number of ether oxygens (including phenoxy) is 4. The maximum atomic E-state index is 10.5. The fraction of sp³-hybridized carbons (Fsp3) is 0.316. The van der Waals surface area contributed by atoms with Crippen LogP contribution in [0.3, 0.4) is 0 Å². The van der Waals surface area contributed by atoms with Crippen molar-refractivity contribution in [1.29, 1.82) is 0 Å². The van der Waals surface area contributed by atoms with Crippen molar-refractivity contribution >= 4 is 12.0 Å². The molecule has 0 saturated heterocycles. The molecule has 0 saturated carbocycles. The molecule has 0 aromatic heterocycles. The average molecular weight is 345 g/mol. The Balaban J connectivity index is 1.43. The van der Waals surface area contributed by atoms with Gasteiger partial charge >= 0.3 is 0 Å². The molecule has 0 fully saturated rings. The highest BCUT2D eigenvalue weighted by Crippen LogP contribution is 2.19. The molecule has 6 heteroatoms. The first-order valence-corrected chi connectivity index (χ1v) is 8.10. The van der Waals surface area contributed by atoms with E-state index in [-0.39, 0.29) is 0 Å². The van der Waals surface area contributed by atoms with Gasteiger partial charge in [-0.3, -0.25) is 4.79 Å². The normalized spacial score (nSPS) is 10.4. The van der Waals surface area contributed by atoms with Gasteiger partial charge in [0.05, 0.1) is 32.1 Å². The van der Waals surface area contributed by atoms with E-state index in [0.29, 0.717) is 62.4 Å². The molecule has 0 bridgehead atoms. The van der Waals surface area contributed by atoms with Crippen molar-refractivity contribution in [2.45, 2.75) is 0 Å². The highest BCUT2D eigenvalue weighted by Gasteiger charge is 1.98. The van der Waals surface area contributed by atoms with E-state index >= 15 is 0 Å². The van der Waals surface area contributed by atoms with Crippen LogP contribution >= 0.6 is 0 Å². The van der Waals surface area contributed by atoms with Gasteiger partial charge in [0.2, 0.25) is 0 Å². The van der Waals surface area contributed by atoms with Crippen LogP contribution in [-0.2, 0) is 9.47 Å². The molecule has 0 heterocycles. The molecule has 0 aliphatic carbocycles. The third-order valence-electron chi connectivity index (χ3n) is 3.29. The summed E-state index contributed by atoms with van der Waals surface area (Å²) in [7, 11) is 0. The molecule has 0 unspecified atom stereocenters. The van der Waals surface area contributed by atoms with Crippen molar-refractivity contribution in [3.05, 3.63) is 54.1 Å². The van der Waals surface area contributed by atoms with E-state index in [9.17, 15) is 4.79 Å². The number of nitrogens with two attached hydrogens (primary N) is 1. The lowest BCUT2D eigenvalue weighted by Crippen LogP contribution is -2.13. The molecule has 134 valence electrons. The van der Waals surface area contributed by atoms with Crippen LogP contribution in [-0.4, -0.2) is 45.9 Å². The first kappa shape index (κ1) is 18.8. The van der Waals surface area contributed by atoms with Gasteiger partial charge in [-0.1, -0.05) is 12.1 Å². The largest absolute Gasteiger partial charge is 0.491 e. The number of carbonyl (C=O) groups excluding carboxylic acids is 1. The van der Waals surface area contributed by atoms with Crippen LogP contribution in [0.1, 0.15) is 10.4 Å². The third kappa shape index (κ3) is 7.24. The molecule has 0 aliphatic heterocycles. The predicted molar refractivity (Wildman–Crippen MR) is 95.3 cm³/mol. The Labute approximate surface area is 147 Å². The molecule has 2 N–H and O–H groups in total. The minimum Gasteiger partial charge on any atom is -0.491 e. The molecule has 2 aromatic carbocycles. The highest BCUT2D eigenvalue weighted by atomic mass is 16.6. The Kier molecular flexibility index (Phi) is 8.31. The van der Waals surface area contributed by atoms with Crippen LogP contribution in [0.2, 0.25) is 0 Å². The predicted octanol–water partition coefficient (Wildman–Crippen LogP) is 2.57. The second-order valence-electron chi connectivity index (χ2n) is 5.15. The quantitative estimate of drug-likeness (QED) is 0.362. The van der Waals surface area contributed by atoms with E-state index < -0.39 is 0 Å². The van der Waals surface area contributed by atoms with Crippen LogP contribution < -0.4 is 15.2 Å². The van der Waals surface area contributed by atoms with E-state index in [1.807, 2.05) is 18.2 Å². The summed E-state index contributed by atoms with van der Waals surface area (Å²) >= 11 is 0. The number of para-hydroxylation sites is 2. The van der Waals surface area contributed by atoms with Gasteiger partial charge in [0, 0.05) is 5.56 Å². The number of hydrogen-bond acceptors (Lipinski definition) is 6. The van der Waals surface area contributed by atoms with Crippen molar-refractivity contribution in [2.24, 2.45) is 0 Å². The summed E-state index contributed by atoms with van der Waals surface area (Å²) in [6.07, 6.45) is 0.798. The number of anilines is 1. The zero-order valence-electron chi connectivity index (χ0n) is 14.1. The zero-order chi connectivity index (χ0) is 17.7. The Hall–Kier alpha value is -2.57. The topological polar surface area (TPSA) is 80.0 Å². The lowest BCUT2D eigenvalue weighted by molar-refractivity contribution is 0.0274. The molecule has 6 nitrogen and oxygen atoms in total. The summed E-state index contributed by atoms with van der Waals surface area (Å²) in [4.78, 5) is 10.5. The standard InChI is InChI=1S/C19H23NO5/c20-18-3-1-2-4-19(18)25-14-12-23-10-9-22-11-13-24-17-7-5-16(15-21)6-8-17/h1-8,15H,9-14,20H2. The molecule has 0 radical (unpaired) electrons. The van der Waals surface area contributed by atoms with Crippen molar-refractivity contribution in [1.82, 2.24) is 0 Å². The van der Waals surface area contributed by atoms with Crippen LogP contribution in [0.5, 0.6) is 11.5 Å². The average Bonchev–Trinajstić information content (AvgIpc) is 2.65. The van der Waals surface area contributed by atoms with Crippen molar-refractivity contribution in [2.75, 3.05) is 45.4 Å². The third-order valence-corrected chi connectivity index (χ3v) is 3.29. The monoisotopic (exact) mass is 345 g/mol. The molecule has 2 rings (SSSR count). The van der Waals surface area contributed by atoms with Gasteiger partial charge in [-0.2, -0.15) is 0 Å². The van der Waals surface area contributed by atoms with E-state index in [0.717, 1.165) is 6.29 Å². The summed E-state index contributed by atoms with van der Waals surface area (Å²) in [6.45, 7) is 2.79. The molecule has 2 aromatic rings. The van der Waals surface area contributed by atoms with E-state index in [1.165, 1.54) is 0 Å². The van der Waals surface area contributed by atoms with Crippen LogP contribution in [0.15, 0.2) is 48.5 Å². The maximum Gasteiger partial charge on any atom is 0.150 e. The molecule has 0 atom stereocenters. The lowest BCUT2D eigenvalue weighted by Gasteiger charge is -2.09. The summed E-state index contributed by atoms with van der Waals surface area (Å²) in [5.74, 6) is 1.38. The molecule has 0 aliphatic rings. The first-order chi connectivity index (χ1) is 12.3. The summed E-state index contributed by atoms with van der Waals surface area (Å²) in [5, 5.41) is 0. The Morgan fingerprint density at radius 2 is 1.36 bits per heavy atom. The van der Waals surface area contributed by atoms with Gasteiger partial charge in [-0.05, 0) is 36.4 Å². The van der Waals surface area contributed by atoms with Crippen LogP contribution in [0, 0.1) is 0 Å². The number of carbonyl (C=O) groups is 1. The van der Waals surface area contributed by atoms with Crippen LogP contribution in [0.25, 0.3) is 0 Å². The fourth-order valence-corrected chi connectivity index (χ4v) is 2.01. The van der Waals surface area contributed by atoms with Gasteiger partial charge in [-0.15, -0.1) is 0 Å². The van der Waals surface area contributed by atoms with E-state index in [4.69, 9.17) is 24.7 Å². The summed E-state index contributed by atoms with van der Waals surface area (Å²) in [5.41, 5.74) is 7.01. The van der Waals surface area contributed by atoms with Gasteiger partial charge in [0.25, 0.3) is 0 Å². The second-order valence-corrected chi connectivity index (χ2v) is 5.15. The SMILES string of the molecule is Nc1ccccc1OCCOCCOCCOc1ccc(C=O)cc1. The molecule has 25 heavy (non-hydrogen) atoms. The van der Waals surface area contributed by atoms with Crippen molar-refractivity contribution < 1.29 is 23.7 Å². The summed E-state index contributed by atoms with van der Waals surface area (Å²) in [6, 6.07) is 14.3. The van der Waals surface area contributed by atoms with Gasteiger partial charge < -0.3 is 24.7 Å². The van der Waals surface area contributed by atoms with Crippen molar-refractivity contribution in [3.63, 3.8) is 0 Å². The van der Waals surface area contributed by atoms with Gasteiger partial charge in [-0.25, -0.2) is 0 Å². The van der Waals surface area contributed by atoms with Gasteiger partial charge in [0.15, 0.2) is 0 Å². The Morgan fingerprint density at radius 3 is 2.00 bits per heavy atom. The fourth-order valence-electron chi connectivity index (χ4n) is 2.01.